The monoisotopic (exact) mass is 549 g/mol. The van der Waals surface area contributed by atoms with Crippen molar-refractivity contribution in [1.82, 2.24) is 5.32 Å². The van der Waals surface area contributed by atoms with E-state index >= 15 is 0 Å². The van der Waals surface area contributed by atoms with Crippen LogP contribution in [0.1, 0.15) is 51.1 Å². The molecule has 214 valence electrons. The number of nitrogens with one attached hydrogen (secondary N) is 2. The molecule has 3 aliphatic rings. The highest BCUT2D eigenvalue weighted by Gasteiger charge is 2.43. The van der Waals surface area contributed by atoms with Gasteiger partial charge < -0.3 is 34.5 Å². The van der Waals surface area contributed by atoms with E-state index in [9.17, 15) is 9.59 Å². The van der Waals surface area contributed by atoms with Crippen molar-refractivity contribution in [1.29, 1.82) is 0 Å². The van der Waals surface area contributed by atoms with Crippen LogP contribution in [0.5, 0.6) is 17.2 Å². The number of hydrogen-bond donors (Lipinski definition) is 2. The number of anilines is 2. The molecule has 2 aliphatic heterocycles. The van der Waals surface area contributed by atoms with Crippen LogP contribution in [0.25, 0.3) is 0 Å². The van der Waals surface area contributed by atoms with E-state index in [0.717, 1.165) is 36.5 Å². The lowest BCUT2D eigenvalue weighted by molar-refractivity contribution is -0.121. The third kappa shape index (κ3) is 5.47. The molecule has 9 heteroatoms. The summed E-state index contributed by atoms with van der Waals surface area (Å²) in [5.41, 5.74) is 3.65. The molecule has 2 heterocycles. The second-order valence-electron chi connectivity index (χ2n) is 11.4. The molecule has 1 fully saturated rings. The van der Waals surface area contributed by atoms with E-state index in [4.69, 9.17) is 18.9 Å². The predicted molar refractivity (Wildman–Crippen MR) is 153 cm³/mol. The minimum absolute atomic E-state index is 0.0280. The topological polar surface area (TPSA) is 98.4 Å². The molecular formula is C31H39N3O6. The number of hydrogen-bond acceptors (Lipinski definition) is 8. The van der Waals surface area contributed by atoms with Crippen LogP contribution in [-0.4, -0.2) is 58.8 Å². The molecule has 2 aromatic carbocycles. The zero-order valence-corrected chi connectivity index (χ0v) is 24.0. The number of benzene rings is 2. The molecular weight excluding hydrogens is 510 g/mol. The number of para-hydroxylation sites is 2. The molecule has 0 spiro atoms. The van der Waals surface area contributed by atoms with Gasteiger partial charge in [-0.1, -0.05) is 26.0 Å². The summed E-state index contributed by atoms with van der Waals surface area (Å²) < 4.78 is 22.8. The lowest BCUT2D eigenvalue weighted by Crippen LogP contribution is -2.43. The molecule has 0 radical (unpaired) electrons. The quantitative estimate of drug-likeness (QED) is 0.492. The molecule has 1 amide bonds. The molecule has 9 nitrogen and oxygen atoms in total. The Labute approximate surface area is 235 Å². The van der Waals surface area contributed by atoms with Gasteiger partial charge in [-0.2, -0.15) is 0 Å². The minimum Gasteiger partial charge on any atom is -0.496 e. The maximum absolute atomic E-state index is 14.0. The van der Waals surface area contributed by atoms with Gasteiger partial charge in [-0.3, -0.25) is 9.59 Å². The van der Waals surface area contributed by atoms with E-state index in [-0.39, 0.29) is 29.8 Å². The van der Waals surface area contributed by atoms with Crippen molar-refractivity contribution >= 4 is 23.1 Å². The van der Waals surface area contributed by atoms with Gasteiger partial charge in [-0.05, 0) is 42.9 Å². The first-order chi connectivity index (χ1) is 19.2. The lowest BCUT2D eigenvalue weighted by atomic mass is 9.73. The third-order valence-corrected chi connectivity index (χ3v) is 7.90. The highest BCUT2D eigenvalue weighted by atomic mass is 16.5. The Morgan fingerprint density at radius 3 is 2.50 bits per heavy atom. The lowest BCUT2D eigenvalue weighted by Gasteiger charge is -2.38. The molecule has 0 aromatic heterocycles. The number of carbonyl (C=O) groups is 2. The Kier molecular flexibility index (Phi) is 7.94. The average molecular weight is 550 g/mol. The first-order valence-corrected chi connectivity index (χ1v) is 13.8. The molecule has 0 bridgehead atoms. The summed E-state index contributed by atoms with van der Waals surface area (Å²) >= 11 is 0. The average Bonchev–Trinajstić information content (AvgIpc) is 3.41. The number of amides is 1. The first kappa shape index (κ1) is 27.8. The maximum Gasteiger partial charge on any atom is 0.239 e. The number of Topliss-reactive ketones (excluding diaryl/α,β-unsaturated/α-hetero) is 1. The number of rotatable bonds is 8. The number of allylic oxidation sites excluding steroid dienone is 1. The standard InChI is InChI=1S/C31H39N3O6/c1-31(2)15-22-29(24(35)16-31)30(20-13-26(38-4)27(39-5)14-25(20)37-3)34(23-11-7-6-10-21(23)33-22)18-28(36)32-17-19-9-8-12-40-19/h6-7,10-11,13-14,19,30,33H,8-9,12,15-18H2,1-5H3,(H,32,36). The van der Waals surface area contributed by atoms with E-state index in [1.807, 2.05) is 35.2 Å². The first-order valence-electron chi connectivity index (χ1n) is 13.8. The largest absolute Gasteiger partial charge is 0.496 e. The second-order valence-corrected chi connectivity index (χ2v) is 11.4. The summed E-state index contributed by atoms with van der Waals surface area (Å²) in [6.45, 7) is 5.42. The van der Waals surface area contributed by atoms with Gasteiger partial charge in [0.1, 0.15) is 5.75 Å². The normalized spacial score (nSPS) is 21.6. The SMILES string of the molecule is COc1cc(OC)c(C2C3=C(CC(C)(C)CC3=O)Nc3ccccc3N2CC(=O)NCC2CCCO2)cc1OC. The zero-order valence-electron chi connectivity index (χ0n) is 24.0. The molecule has 40 heavy (non-hydrogen) atoms. The number of carbonyl (C=O) groups excluding carboxylic acids is 2. The van der Waals surface area contributed by atoms with Crippen LogP contribution in [0.3, 0.4) is 0 Å². The fraction of sp³-hybridized carbons (Fsp3) is 0.484. The summed E-state index contributed by atoms with van der Waals surface area (Å²) in [5, 5.41) is 6.64. The van der Waals surface area contributed by atoms with E-state index in [0.29, 0.717) is 47.8 Å². The van der Waals surface area contributed by atoms with Crippen LogP contribution >= 0.6 is 0 Å². The molecule has 1 saturated heterocycles. The van der Waals surface area contributed by atoms with Gasteiger partial charge in [0.2, 0.25) is 5.91 Å². The van der Waals surface area contributed by atoms with E-state index in [2.05, 4.69) is 24.5 Å². The van der Waals surface area contributed by atoms with Gasteiger partial charge in [-0.15, -0.1) is 0 Å². The number of methoxy groups -OCH3 is 3. The number of nitrogens with zero attached hydrogens (tertiary/aromatic N) is 1. The molecule has 1 aliphatic carbocycles. The van der Waals surface area contributed by atoms with Crippen molar-refractivity contribution in [3.05, 3.63) is 53.2 Å². The Bertz CT molecular complexity index is 1310. The van der Waals surface area contributed by atoms with Crippen molar-refractivity contribution < 1.29 is 28.5 Å². The summed E-state index contributed by atoms with van der Waals surface area (Å²) in [6, 6.07) is 10.9. The molecule has 5 rings (SSSR count). The van der Waals surface area contributed by atoms with E-state index < -0.39 is 6.04 Å². The fourth-order valence-electron chi connectivity index (χ4n) is 6.06. The summed E-state index contributed by atoms with van der Waals surface area (Å²) in [6.07, 6.45) is 3.05. The molecule has 2 atom stereocenters. The highest BCUT2D eigenvalue weighted by Crippen LogP contribution is 2.51. The Morgan fingerprint density at radius 1 is 1.07 bits per heavy atom. The van der Waals surface area contributed by atoms with Crippen molar-refractivity contribution in [3.8, 4) is 17.2 Å². The van der Waals surface area contributed by atoms with Crippen molar-refractivity contribution in [2.24, 2.45) is 5.41 Å². The van der Waals surface area contributed by atoms with Crippen LogP contribution in [0.4, 0.5) is 11.4 Å². The number of ether oxygens (including phenoxy) is 4. The Hall–Kier alpha value is -3.72. The van der Waals surface area contributed by atoms with Crippen molar-refractivity contribution in [3.63, 3.8) is 0 Å². The van der Waals surface area contributed by atoms with Gasteiger partial charge in [0.15, 0.2) is 17.3 Å². The van der Waals surface area contributed by atoms with Crippen LogP contribution < -0.4 is 29.7 Å². The smallest absolute Gasteiger partial charge is 0.239 e. The molecule has 2 N–H and O–H groups in total. The van der Waals surface area contributed by atoms with Crippen molar-refractivity contribution in [2.45, 2.75) is 51.7 Å². The number of ketones is 1. The highest BCUT2D eigenvalue weighted by molar-refractivity contribution is 6.02. The van der Waals surface area contributed by atoms with Gasteiger partial charge in [0.05, 0.1) is 51.4 Å². The van der Waals surface area contributed by atoms with Crippen LogP contribution in [-0.2, 0) is 14.3 Å². The molecule has 2 unspecified atom stereocenters. The predicted octanol–water partition coefficient (Wildman–Crippen LogP) is 4.62. The Morgan fingerprint density at radius 2 is 1.80 bits per heavy atom. The van der Waals surface area contributed by atoms with Gasteiger partial charge in [0, 0.05) is 42.5 Å². The Balaban J connectivity index is 1.67. The second kappa shape index (κ2) is 11.4. The van der Waals surface area contributed by atoms with E-state index in [1.165, 1.54) is 0 Å². The fourth-order valence-corrected chi connectivity index (χ4v) is 6.06. The maximum atomic E-state index is 14.0. The van der Waals surface area contributed by atoms with Crippen LogP contribution in [0, 0.1) is 5.41 Å². The molecule has 0 saturated carbocycles. The third-order valence-electron chi connectivity index (χ3n) is 7.90. The van der Waals surface area contributed by atoms with Crippen LogP contribution in [0.2, 0.25) is 0 Å². The zero-order chi connectivity index (χ0) is 28.4. The summed E-state index contributed by atoms with van der Waals surface area (Å²) in [4.78, 5) is 29.5. The van der Waals surface area contributed by atoms with Gasteiger partial charge in [-0.25, -0.2) is 0 Å². The number of fused-ring (bicyclic) bond motifs is 1. The minimum atomic E-state index is -0.613. The van der Waals surface area contributed by atoms with Crippen LogP contribution in [0.15, 0.2) is 47.7 Å². The molecule has 2 aromatic rings. The van der Waals surface area contributed by atoms with Crippen molar-refractivity contribution in [2.75, 3.05) is 51.2 Å². The summed E-state index contributed by atoms with van der Waals surface area (Å²) in [5.74, 6) is 1.45. The van der Waals surface area contributed by atoms with Gasteiger partial charge >= 0.3 is 0 Å². The van der Waals surface area contributed by atoms with E-state index in [1.54, 1.807) is 27.4 Å². The summed E-state index contributed by atoms with van der Waals surface area (Å²) in [7, 11) is 4.74. The van der Waals surface area contributed by atoms with Gasteiger partial charge in [0.25, 0.3) is 0 Å².